The number of hydrogen-bond acceptors (Lipinski definition) is 2. The van der Waals surface area contributed by atoms with Crippen LogP contribution in [0.1, 0.15) is 33.0 Å². The molecule has 2 aromatic rings. The number of carbonyl (C=O) groups excluding carboxylic acids is 1. The first-order valence-corrected chi connectivity index (χ1v) is 7.85. The Hall–Kier alpha value is -2.10. The van der Waals surface area contributed by atoms with Crippen LogP contribution in [0.3, 0.4) is 0 Å². The SMILES string of the molecule is C=C(C)Cn1c(CCCNC(=O)C(C)C)nc2ccccc21. The van der Waals surface area contributed by atoms with E-state index in [2.05, 4.69) is 22.5 Å². The van der Waals surface area contributed by atoms with E-state index in [1.54, 1.807) is 0 Å². The maximum absolute atomic E-state index is 11.6. The van der Waals surface area contributed by atoms with Crippen LogP contribution in [0.5, 0.6) is 0 Å². The average molecular weight is 299 g/mol. The van der Waals surface area contributed by atoms with E-state index in [0.717, 1.165) is 41.8 Å². The summed E-state index contributed by atoms with van der Waals surface area (Å²) in [4.78, 5) is 16.3. The summed E-state index contributed by atoms with van der Waals surface area (Å²) in [6.45, 7) is 11.3. The number of amides is 1. The Morgan fingerprint density at radius 2 is 2.09 bits per heavy atom. The number of benzene rings is 1. The van der Waals surface area contributed by atoms with Crippen molar-refractivity contribution in [1.82, 2.24) is 14.9 Å². The topological polar surface area (TPSA) is 46.9 Å². The smallest absolute Gasteiger partial charge is 0.222 e. The highest BCUT2D eigenvalue weighted by Gasteiger charge is 2.11. The molecule has 1 aromatic heterocycles. The van der Waals surface area contributed by atoms with Crippen molar-refractivity contribution < 1.29 is 4.79 Å². The van der Waals surface area contributed by atoms with E-state index in [4.69, 9.17) is 4.98 Å². The molecule has 2 rings (SSSR count). The third-order valence-corrected chi connectivity index (χ3v) is 3.56. The number of para-hydroxylation sites is 2. The fourth-order valence-electron chi connectivity index (χ4n) is 2.42. The highest BCUT2D eigenvalue weighted by Crippen LogP contribution is 2.18. The second kappa shape index (κ2) is 7.25. The van der Waals surface area contributed by atoms with Crippen LogP contribution in [0.25, 0.3) is 11.0 Å². The van der Waals surface area contributed by atoms with E-state index < -0.39 is 0 Å². The Morgan fingerprint density at radius 3 is 2.77 bits per heavy atom. The Morgan fingerprint density at radius 1 is 1.36 bits per heavy atom. The number of aromatic nitrogens is 2. The first kappa shape index (κ1) is 16.3. The molecule has 0 aliphatic heterocycles. The molecule has 22 heavy (non-hydrogen) atoms. The molecule has 0 saturated heterocycles. The molecule has 1 aromatic carbocycles. The van der Waals surface area contributed by atoms with Crippen molar-refractivity contribution in [3.8, 4) is 0 Å². The maximum atomic E-state index is 11.6. The van der Waals surface area contributed by atoms with Gasteiger partial charge in [-0.05, 0) is 25.5 Å². The molecular formula is C18H25N3O. The number of carbonyl (C=O) groups is 1. The lowest BCUT2D eigenvalue weighted by Gasteiger charge is -2.10. The van der Waals surface area contributed by atoms with Gasteiger partial charge >= 0.3 is 0 Å². The Labute approximate surface area is 132 Å². The molecule has 0 aliphatic rings. The van der Waals surface area contributed by atoms with Crippen LogP contribution < -0.4 is 5.32 Å². The van der Waals surface area contributed by atoms with E-state index in [0.29, 0.717) is 6.54 Å². The van der Waals surface area contributed by atoms with Gasteiger partial charge in [0.15, 0.2) is 0 Å². The summed E-state index contributed by atoms with van der Waals surface area (Å²) in [7, 11) is 0. The van der Waals surface area contributed by atoms with Gasteiger partial charge in [-0.25, -0.2) is 4.98 Å². The molecule has 0 bridgehead atoms. The van der Waals surface area contributed by atoms with Crippen LogP contribution in [0.2, 0.25) is 0 Å². The number of hydrogen-bond donors (Lipinski definition) is 1. The van der Waals surface area contributed by atoms with Crippen LogP contribution in [0.15, 0.2) is 36.4 Å². The second-order valence-electron chi connectivity index (χ2n) is 6.11. The summed E-state index contributed by atoms with van der Waals surface area (Å²) in [5.41, 5.74) is 3.27. The minimum absolute atomic E-state index is 0.0352. The minimum atomic E-state index is 0.0352. The standard InChI is InChI=1S/C18H25N3O/c1-13(2)12-21-16-9-6-5-8-15(16)20-17(21)10-7-11-19-18(22)14(3)4/h5-6,8-9,14H,1,7,10-12H2,2-4H3,(H,19,22). The number of nitrogens with zero attached hydrogens (tertiary/aromatic N) is 2. The van der Waals surface area contributed by atoms with E-state index in [-0.39, 0.29) is 11.8 Å². The lowest BCUT2D eigenvalue weighted by molar-refractivity contribution is -0.123. The van der Waals surface area contributed by atoms with Gasteiger partial charge in [-0.15, -0.1) is 0 Å². The molecule has 0 radical (unpaired) electrons. The zero-order valence-corrected chi connectivity index (χ0v) is 13.7. The molecule has 4 heteroatoms. The molecule has 0 atom stereocenters. The number of aryl methyl sites for hydroxylation is 1. The molecule has 0 fully saturated rings. The molecule has 0 saturated carbocycles. The fourth-order valence-corrected chi connectivity index (χ4v) is 2.42. The molecule has 0 spiro atoms. The Balaban J connectivity index is 2.06. The first-order valence-electron chi connectivity index (χ1n) is 7.85. The molecule has 1 amide bonds. The summed E-state index contributed by atoms with van der Waals surface area (Å²) in [6.07, 6.45) is 1.73. The molecule has 1 heterocycles. The largest absolute Gasteiger partial charge is 0.356 e. The summed E-state index contributed by atoms with van der Waals surface area (Å²) < 4.78 is 2.22. The van der Waals surface area contributed by atoms with Gasteiger partial charge in [0.2, 0.25) is 5.91 Å². The van der Waals surface area contributed by atoms with Crippen LogP contribution in [-0.4, -0.2) is 22.0 Å². The van der Waals surface area contributed by atoms with Crippen molar-refractivity contribution >= 4 is 16.9 Å². The Bertz CT molecular complexity index is 670. The van der Waals surface area contributed by atoms with Gasteiger partial charge < -0.3 is 9.88 Å². The number of nitrogens with one attached hydrogen (secondary N) is 1. The van der Waals surface area contributed by atoms with Crippen LogP contribution in [-0.2, 0) is 17.8 Å². The lowest BCUT2D eigenvalue weighted by Crippen LogP contribution is -2.28. The van der Waals surface area contributed by atoms with Gasteiger partial charge in [-0.2, -0.15) is 0 Å². The molecular weight excluding hydrogens is 274 g/mol. The van der Waals surface area contributed by atoms with Crippen LogP contribution >= 0.6 is 0 Å². The maximum Gasteiger partial charge on any atom is 0.222 e. The van der Waals surface area contributed by atoms with Crippen LogP contribution in [0, 0.1) is 5.92 Å². The number of fused-ring (bicyclic) bond motifs is 1. The second-order valence-corrected chi connectivity index (χ2v) is 6.11. The van der Waals surface area contributed by atoms with Crippen molar-refractivity contribution in [2.75, 3.05) is 6.54 Å². The number of rotatable bonds is 7. The van der Waals surface area contributed by atoms with Gasteiger partial charge in [0.25, 0.3) is 0 Å². The summed E-state index contributed by atoms with van der Waals surface area (Å²) >= 11 is 0. The molecule has 1 N–H and O–H groups in total. The third-order valence-electron chi connectivity index (χ3n) is 3.56. The minimum Gasteiger partial charge on any atom is -0.356 e. The van der Waals surface area contributed by atoms with Crippen molar-refractivity contribution in [1.29, 1.82) is 0 Å². The zero-order valence-electron chi connectivity index (χ0n) is 13.7. The highest BCUT2D eigenvalue weighted by molar-refractivity contribution is 5.77. The summed E-state index contributed by atoms with van der Waals surface area (Å²) in [6, 6.07) is 8.17. The van der Waals surface area contributed by atoms with E-state index >= 15 is 0 Å². The molecule has 118 valence electrons. The molecule has 4 nitrogen and oxygen atoms in total. The highest BCUT2D eigenvalue weighted by atomic mass is 16.1. The van der Waals surface area contributed by atoms with Crippen molar-refractivity contribution in [3.63, 3.8) is 0 Å². The van der Waals surface area contributed by atoms with Gasteiger partial charge in [0.05, 0.1) is 11.0 Å². The van der Waals surface area contributed by atoms with E-state index in [1.807, 2.05) is 39.0 Å². The van der Waals surface area contributed by atoms with E-state index in [9.17, 15) is 4.79 Å². The van der Waals surface area contributed by atoms with Crippen molar-refractivity contribution in [3.05, 3.63) is 42.2 Å². The molecule has 0 unspecified atom stereocenters. The van der Waals surface area contributed by atoms with Crippen LogP contribution in [0.4, 0.5) is 0 Å². The first-order chi connectivity index (χ1) is 10.5. The van der Waals surface area contributed by atoms with Crippen molar-refractivity contribution in [2.45, 2.75) is 40.2 Å². The number of imidazole rings is 1. The average Bonchev–Trinajstić information content (AvgIpc) is 2.81. The monoisotopic (exact) mass is 299 g/mol. The predicted molar refractivity (Wildman–Crippen MR) is 90.7 cm³/mol. The summed E-state index contributed by atoms with van der Waals surface area (Å²) in [5.74, 6) is 1.20. The van der Waals surface area contributed by atoms with E-state index in [1.165, 1.54) is 0 Å². The fraction of sp³-hybridized carbons (Fsp3) is 0.444. The zero-order chi connectivity index (χ0) is 16.1. The van der Waals surface area contributed by atoms with Gasteiger partial charge in [0.1, 0.15) is 5.82 Å². The number of allylic oxidation sites excluding steroid dienone is 1. The normalized spacial score (nSPS) is 11.1. The van der Waals surface area contributed by atoms with Gasteiger partial charge in [-0.3, -0.25) is 4.79 Å². The third kappa shape index (κ3) is 3.97. The quantitative estimate of drug-likeness (QED) is 0.630. The van der Waals surface area contributed by atoms with Crippen molar-refractivity contribution in [2.24, 2.45) is 5.92 Å². The Kier molecular flexibility index (Phi) is 5.36. The summed E-state index contributed by atoms with van der Waals surface area (Å²) in [5, 5.41) is 2.95. The van der Waals surface area contributed by atoms with Gasteiger partial charge in [-0.1, -0.05) is 38.1 Å². The van der Waals surface area contributed by atoms with Gasteiger partial charge in [0, 0.05) is 25.4 Å². The lowest BCUT2D eigenvalue weighted by atomic mass is 10.2. The predicted octanol–water partition coefficient (Wildman–Crippen LogP) is 3.32. The molecule has 0 aliphatic carbocycles.